The SMILES string of the molecule is C=CC[C@@H](C)Oc1nc(C(=O)O)c(Br)cc1C. The van der Waals surface area contributed by atoms with Gasteiger partial charge in [0.15, 0.2) is 5.69 Å². The second-order valence-corrected chi connectivity index (χ2v) is 4.55. The first-order chi connectivity index (χ1) is 7.95. The minimum absolute atomic E-state index is 0.0450. The van der Waals surface area contributed by atoms with Gasteiger partial charge < -0.3 is 9.84 Å². The molecule has 4 nitrogen and oxygen atoms in total. The number of ether oxygens (including phenoxy) is 1. The maximum Gasteiger partial charge on any atom is 0.355 e. The first-order valence-electron chi connectivity index (χ1n) is 5.13. The van der Waals surface area contributed by atoms with E-state index in [1.807, 2.05) is 13.8 Å². The largest absolute Gasteiger partial charge is 0.476 e. The summed E-state index contributed by atoms with van der Waals surface area (Å²) in [5.41, 5.74) is 0.745. The lowest BCUT2D eigenvalue weighted by molar-refractivity contribution is 0.0687. The van der Waals surface area contributed by atoms with E-state index in [1.165, 1.54) is 0 Å². The zero-order valence-electron chi connectivity index (χ0n) is 9.74. The minimum Gasteiger partial charge on any atom is -0.476 e. The van der Waals surface area contributed by atoms with Crippen molar-refractivity contribution < 1.29 is 14.6 Å². The van der Waals surface area contributed by atoms with Crippen LogP contribution in [0.4, 0.5) is 0 Å². The van der Waals surface area contributed by atoms with E-state index in [0.29, 0.717) is 16.8 Å². The molecule has 0 radical (unpaired) electrons. The molecule has 0 saturated carbocycles. The fourth-order valence-corrected chi connectivity index (χ4v) is 1.91. The average molecular weight is 300 g/mol. The molecular weight excluding hydrogens is 286 g/mol. The third-order valence-electron chi connectivity index (χ3n) is 2.13. The molecule has 1 rings (SSSR count). The van der Waals surface area contributed by atoms with Crippen LogP contribution in [-0.2, 0) is 0 Å². The Kier molecular flexibility index (Phi) is 4.69. The molecule has 0 bridgehead atoms. The zero-order chi connectivity index (χ0) is 13.0. The van der Waals surface area contributed by atoms with Gasteiger partial charge in [-0.05, 0) is 35.8 Å². The fraction of sp³-hybridized carbons (Fsp3) is 0.333. The number of hydrogen-bond donors (Lipinski definition) is 1. The van der Waals surface area contributed by atoms with Gasteiger partial charge in [0, 0.05) is 12.0 Å². The van der Waals surface area contributed by atoms with Crippen LogP contribution in [0.15, 0.2) is 23.2 Å². The van der Waals surface area contributed by atoms with E-state index < -0.39 is 5.97 Å². The lowest BCUT2D eigenvalue weighted by Crippen LogP contribution is -2.14. The number of aromatic carboxylic acids is 1. The maximum absolute atomic E-state index is 10.9. The molecule has 0 aromatic carbocycles. The van der Waals surface area contributed by atoms with Crippen LogP contribution in [0.25, 0.3) is 0 Å². The van der Waals surface area contributed by atoms with Crippen LogP contribution >= 0.6 is 15.9 Å². The van der Waals surface area contributed by atoms with E-state index in [-0.39, 0.29) is 11.8 Å². The number of pyridine rings is 1. The number of nitrogens with zero attached hydrogens (tertiary/aromatic N) is 1. The first-order valence-corrected chi connectivity index (χ1v) is 5.93. The normalized spacial score (nSPS) is 11.9. The first kappa shape index (κ1) is 13.7. The average Bonchev–Trinajstić information content (AvgIpc) is 2.21. The van der Waals surface area contributed by atoms with E-state index in [2.05, 4.69) is 27.5 Å². The van der Waals surface area contributed by atoms with E-state index in [1.54, 1.807) is 12.1 Å². The van der Waals surface area contributed by atoms with Crippen molar-refractivity contribution in [2.75, 3.05) is 0 Å². The molecule has 0 aliphatic rings. The number of hydrogen-bond acceptors (Lipinski definition) is 3. The van der Waals surface area contributed by atoms with E-state index >= 15 is 0 Å². The molecule has 0 aliphatic carbocycles. The standard InChI is InChI=1S/C12H14BrNO3/c1-4-5-8(3)17-11-7(2)6-9(13)10(14-11)12(15)16/h4,6,8H,1,5H2,2-3H3,(H,15,16)/t8-/m1/s1. The zero-order valence-corrected chi connectivity index (χ0v) is 11.3. The van der Waals surface area contributed by atoms with Crippen LogP contribution in [0.5, 0.6) is 5.88 Å². The van der Waals surface area contributed by atoms with Crippen molar-refractivity contribution in [3.8, 4) is 5.88 Å². The topological polar surface area (TPSA) is 59.4 Å². The van der Waals surface area contributed by atoms with Crippen molar-refractivity contribution in [3.63, 3.8) is 0 Å². The second kappa shape index (κ2) is 5.82. The Labute approximate surface area is 108 Å². The summed E-state index contributed by atoms with van der Waals surface area (Å²) in [6.07, 6.45) is 2.35. The number of halogens is 1. The Bertz CT molecular complexity index is 446. The summed E-state index contributed by atoms with van der Waals surface area (Å²) >= 11 is 3.16. The van der Waals surface area contributed by atoms with Crippen LogP contribution in [0.3, 0.4) is 0 Å². The second-order valence-electron chi connectivity index (χ2n) is 3.70. The van der Waals surface area contributed by atoms with Crippen LogP contribution in [-0.4, -0.2) is 22.2 Å². The Morgan fingerprint density at radius 1 is 1.76 bits per heavy atom. The maximum atomic E-state index is 10.9. The Morgan fingerprint density at radius 3 is 2.94 bits per heavy atom. The molecule has 0 spiro atoms. The molecule has 0 saturated heterocycles. The highest BCUT2D eigenvalue weighted by atomic mass is 79.9. The third kappa shape index (κ3) is 3.56. The Morgan fingerprint density at radius 2 is 2.41 bits per heavy atom. The van der Waals surface area contributed by atoms with Crippen LogP contribution in [0.1, 0.15) is 29.4 Å². The Balaban J connectivity index is 3.03. The summed E-state index contributed by atoms with van der Waals surface area (Å²) in [6.45, 7) is 7.32. The number of rotatable bonds is 5. The summed E-state index contributed by atoms with van der Waals surface area (Å²) in [6, 6.07) is 1.69. The molecule has 1 heterocycles. The van der Waals surface area contributed by atoms with E-state index in [0.717, 1.165) is 5.56 Å². The quantitative estimate of drug-likeness (QED) is 0.848. The molecule has 1 atom stereocenters. The molecule has 0 unspecified atom stereocenters. The van der Waals surface area contributed by atoms with Crippen LogP contribution in [0, 0.1) is 6.92 Å². The number of carbonyl (C=O) groups is 1. The fourth-order valence-electron chi connectivity index (χ4n) is 1.31. The Hall–Kier alpha value is -1.36. The molecule has 1 N–H and O–H groups in total. The van der Waals surface area contributed by atoms with Gasteiger partial charge in [0.1, 0.15) is 6.10 Å². The highest BCUT2D eigenvalue weighted by Crippen LogP contribution is 2.24. The number of aromatic nitrogens is 1. The third-order valence-corrected chi connectivity index (χ3v) is 2.74. The van der Waals surface area contributed by atoms with Gasteiger partial charge in [-0.3, -0.25) is 0 Å². The lowest BCUT2D eigenvalue weighted by Gasteiger charge is -2.14. The summed E-state index contributed by atoms with van der Waals surface area (Å²) in [5, 5.41) is 8.95. The smallest absolute Gasteiger partial charge is 0.355 e. The highest BCUT2D eigenvalue weighted by molar-refractivity contribution is 9.10. The molecule has 17 heavy (non-hydrogen) atoms. The number of aryl methyl sites for hydroxylation is 1. The highest BCUT2D eigenvalue weighted by Gasteiger charge is 2.15. The molecule has 0 fully saturated rings. The lowest BCUT2D eigenvalue weighted by atomic mass is 10.2. The van der Waals surface area contributed by atoms with Gasteiger partial charge in [0.05, 0.1) is 4.47 Å². The minimum atomic E-state index is -1.09. The summed E-state index contributed by atoms with van der Waals surface area (Å²) in [4.78, 5) is 14.9. The monoisotopic (exact) mass is 299 g/mol. The van der Waals surface area contributed by atoms with Gasteiger partial charge in [0.2, 0.25) is 5.88 Å². The number of carboxylic acid groups (broad SMARTS) is 1. The molecule has 5 heteroatoms. The molecule has 1 aromatic heterocycles. The van der Waals surface area contributed by atoms with Crippen molar-refractivity contribution in [1.82, 2.24) is 4.98 Å². The van der Waals surface area contributed by atoms with E-state index in [4.69, 9.17) is 9.84 Å². The number of carboxylic acids is 1. The predicted molar refractivity (Wildman–Crippen MR) is 68.5 cm³/mol. The van der Waals surface area contributed by atoms with Crippen molar-refractivity contribution in [2.45, 2.75) is 26.4 Å². The van der Waals surface area contributed by atoms with Crippen molar-refractivity contribution >= 4 is 21.9 Å². The molecular formula is C12H14BrNO3. The molecule has 0 aliphatic heterocycles. The van der Waals surface area contributed by atoms with Gasteiger partial charge in [0.25, 0.3) is 0 Å². The summed E-state index contributed by atoms with van der Waals surface area (Å²) < 4.78 is 6.02. The van der Waals surface area contributed by atoms with Gasteiger partial charge in [-0.15, -0.1) is 6.58 Å². The van der Waals surface area contributed by atoms with Crippen molar-refractivity contribution in [3.05, 3.63) is 34.5 Å². The van der Waals surface area contributed by atoms with Crippen molar-refractivity contribution in [1.29, 1.82) is 0 Å². The van der Waals surface area contributed by atoms with Gasteiger partial charge in [-0.2, -0.15) is 0 Å². The van der Waals surface area contributed by atoms with Crippen LogP contribution in [0.2, 0.25) is 0 Å². The van der Waals surface area contributed by atoms with E-state index in [9.17, 15) is 4.79 Å². The molecule has 1 aromatic rings. The van der Waals surface area contributed by atoms with Crippen molar-refractivity contribution in [2.24, 2.45) is 0 Å². The molecule has 0 amide bonds. The van der Waals surface area contributed by atoms with Gasteiger partial charge in [-0.25, -0.2) is 9.78 Å². The van der Waals surface area contributed by atoms with Gasteiger partial charge in [-0.1, -0.05) is 6.08 Å². The molecule has 92 valence electrons. The van der Waals surface area contributed by atoms with Gasteiger partial charge >= 0.3 is 5.97 Å². The van der Waals surface area contributed by atoms with Crippen LogP contribution < -0.4 is 4.74 Å². The predicted octanol–water partition coefficient (Wildman–Crippen LogP) is 3.19. The summed E-state index contributed by atoms with van der Waals surface area (Å²) in [7, 11) is 0. The summed E-state index contributed by atoms with van der Waals surface area (Å²) in [5.74, 6) is -0.738.